The highest BCUT2D eigenvalue weighted by molar-refractivity contribution is 5.71. The number of piperidine rings is 1. The maximum Gasteiger partial charge on any atom is 0.320 e. The van der Waals surface area contributed by atoms with Crippen molar-refractivity contribution in [1.29, 1.82) is 0 Å². The van der Waals surface area contributed by atoms with Crippen LogP contribution in [0, 0.1) is 11.3 Å². The Morgan fingerprint density at radius 1 is 1.28 bits per heavy atom. The summed E-state index contributed by atoms with van der Waals surface area (Å²) >= 11 is 0. The van der Waals surface area contributed by atoms with Crippen LogP contribution < -0.4 is 0 Å². The van der Waals surface area contributed by atoms with Crippen molar-refractivity contribution < 1.29 is 9.53 Å². The number of hydrogen-bond acceptors (Lipinski definition) is 3. The van der Waals surface area contributed by atoms with Crippen molar-refractivity contribution >= 4 is 5.97 Å². The van der Waals surface area contributed by atoms with E-state index in [0.29, 0.717) is 18.6 Å². The molecule has 0 radical (unpaired) electrons. The summed E-state index contributed by atoms with van der Waals surface area (Å²) in [5, 5.41) is 0. The predicted molar refractivity (Wildman–Crippen MR) is 74.5 cm³/mol. The van der Waals surface area contributed by atoms with Gasteiger partial charge in [-0.2, -0.15) is 0 Å². The molecule has 0 atom stereocenters. The molecule has 3 nitrogen and oxygen atoms in total. The number of likely N-dealkylation sites (tertiary alicyclic amines) is 1. The summed E-state index contributed by atoms with van der Waals surface area (Å²) in [6.07, 6.45) is 4.44. The highest BCUT2D eigenvalue weighted by atomic mass is 16.5. The molecule has 1 saturated heterocycles. The lowest BCUT2D eigenvalue weighted by Crippen LogP contribution is -2.40. The van der Waals surface area contributed by atoms with Crippen LogP contribution in [-0.4, -0.2) is 37.1 Å². The Hall–Kier alpha value is -0.570. The fourth-order valence-corrected chi connectivity index (χ4v) is 2.52. The van der Waals surface area contributed by atoms with Crippen molar-refractivity contribution in [3.8, 4) is 0 Å². The normalized spacial score (nSPS) is 18.9. The van der Waals surface area contributed by atoms with Gasteiger partial charge >= 0.3 is 5.97 Å². The van der Waals surface area contributed by atoms with Gasteiger partial charge in [-0.1, -0.05) is 34.1 Å². The summed E-state index contributed by atoms with van der Waals surface area (Å²) < 4.78 is 5.20. The van der Waals surface area contributed by atoms with E-state index in [2.05, 4.69) is 32.6 Å². The van der Waals surface area contributed by atoms with E-state index in [9.17, 15) is 4.79 Å². The van der Waals surface area contributed by atoms with Gasteiger partial charge in [0.1, 0.15) is 0 Å². The molecule has 1 rings (SSSR count). The van der Waals surface area contributed by atoms with Gasteiger partial charge in [-0.3, -0.25) is 9.69 Å². The highest BCUT2D eigenvalue weighted by Crippen LogP contribution is 2.34. The lowest BCUT2D eigenvalue weighted by Gasteiger charge is -2.38. The van der Waals surface area contributed by atoms with E-state index in [1.807, 2.05) is 0 Å². The minimum Gasteiger partial charge on any atom is -0.465 e. The summed E-state index contributed by atoms with van der Waals surface area (Å²) in [7, 11) is 0. The Bertz CT molecular complexity index is 250. The molecule has 0 amide bonds. The third-order valence-corrected chi connectivity index (χ3v) is 3.93. The van der Waals surface area contributed by atoms with Crippen LogP contribution in [0.3, 0.4) is 0 Å². The number of nitrogens with zero attached hydrogens (tertiary/aromatic N) is 1. The standard InChI is InChI=1S/C15H29NO2/c1-5-6-11-18-14(17)12-16-9-7-13(8-10-16)15(2,3)4/h13H,5-12H2,1-4H3. The molecule has 1 fully saturated rings. The average Bonchev–Trinajstić information content (AvgIpc) is 2.29. The molecular formula is C15H29NO2. The Kier molecular flexibility index (Phi) is 6.13. The smallest absolute Gasteiger partial charge is 0.320 e. The van der Waals surface area contributed by atoms with Crippen LogP contribution in [0.15, 0.2) is 0 Å². The van der Waals surface area contributed by atoms with Crippen LogP contribution in [0.1, 0.15) is 53.4 Å². The molecule has 0 N–H and O–H groups in total. The fourth-order valence-electron chi connectivity index (χ4n) is 2.52. The SMILES string of the molecule is CCCCOC(=O)CN1CCC(C(C)(C)C)CC1. The summed E-state index contributed by atoms with van der Waals surface area (Å²) in [6, 6.07) is 0. The minimum absolute atomic E-state index is 0.0577. The van der Waals surface area contributed by atoms with Crippen LogP contribution in [0.4, 0.5) is 0 Å². The van der Waals surface area contributed by atoms with Crippen molar-refractivity contribution in [2.24, 2.45) is 11.3 Å². The molecule has 1 aliphatic rings. The Labute approximate surface area is 112 Å². The molecule has 0 aromatic heterocycles. The molecule has 0 aromatic rings. The topological polar surface area (TPSA) is 29.5 Å². The molecule has 18 heavy (non-hydrogen) atoms. The van der Waals surface area contributed by atoms with E-state index in [0.717, 1.165) is 31.8 Å². The van der Waals surface area contributed by atoms with Crippen LogP contribution in [0.2, 0.25) is 0 Å². The minimum atomic E-state index is -0.0577. The Morgan fingerprint density at radius 3 is 2.39 bits per heavy atom. The van der Waals surface area contributed by atoms with Gasteiger partial charge < -0.3 is 4.74 Å². The van der Waals surface area contributed by atoms with E-state index < -0.39 is 0 Å². The second-order valence-corrected chi connectivity index (χ2v) is 6.49. The second-order valence-electron chi connectivity index (χ2n) is 6.49. The maximum atomic E-state index is 11.6. The Morgan fingerprint density at radius 2 is 1.89 bits per heavy atom. The lowest BCUT2D eigenvalue weighted by molar-refractivity contribution is -0.145. The van der Waals surface area contributed by atoms with Crippen molar-refractivity contribution in [3.63, 3.8) is 0 Å². The zero-order valence-electron chi connectivity index (χ0n) is 12.5. The fraction of sp³-hybridized carbons (Fsp3) is 0.933. The predicted octanol–water partition coefficient (Wildman–Crippen LogP) is 3.09. The number of unbranched alkanes of at least 4 members (excludes halogenated alkanes) is 1. The van der Waals surface area contributed by atoms with Gasteiger partial charge in [-0.05, 0) is 43.7 Å². The quantitative estimate of drug-likeness (QED) is 0.558. The largest absolute Gasteiger partial charge is 0.465 e. The van der Waals surface area contributed by atoms with E-state index >= 15 is 0 Å². The van der Waals surface area contributed by atoms with Crippen LogP contribution in [-0.2, 0) is 9.53 Å². The first-order chi connectivity index (χ1) is 8.43. The van der Waals surface area contributed by atoms with Gasteiger partial charge in [-0.25, -0.2) is 0 Å². The van der Waals surface area contributed by atoms with Crippen molar-refractivity contribution in [1.82, 2.24) is 4.90 Å². The van der Waals surface area contributed by atoms with E-state index in [-0.39, 0.29) is 5.97 Å². The Balaban J connectivity index is 2.21. The lowest BCUT2D eigenvalue weighted by atomic mass is 9.75. The first-order valence-electron chi connectivity index (χ1n) is 7.31. The molecule has 106 valence electrons. The van der Waals surface area contributed by atoms with Crippen molar-refractivity contribution in [3.05, 3.63) is 0 Å². The molecule has 0 spiro atoms. The molecular weight excluding hydrogens is 226 g/mol. The van der Waals surface area contributed by atoms with Gasteiger partial charge in [0.2, 0.25) is 0 Å². The summed E-state index contributed by atoms with van der Waals surface area (Å²) in [5.74, 6) is 0.725. The van der Waals surface area contributed by atoms with Gasteiger partial charge in [-0.15, -0.1) is 0 Å². The van der Waals surface area contributed by atoms with E-state index in [1.165, 1.54) is 12.8 Å². The summed E-state index contributed by atoms with van der Waals surface area (Å²) in [6.45, 7) is 12.2. The zero-order valence-corrected chi connectivity index (χ0v) is 12.5. The first kappa shape index (κ1) is 15.5. The van der Waals surface area contributed by atoms with Crippen LogP contribution >= 0.6 is 0 Å². The average molecular weight is 255 g/mol. The molecule has 3 heteroatoms. The van der Waals surface area contributed by atoms with E-state index in [1.54, 1.807) is 0 Å². The number of carbonyl (C=O) groups excluding carboxylic acids is 1. The molecule has 0 aromatic carbocycles. The third-order valence-electron chi connectivity index (χ3n) is 3.93. The molecule has 0 saturated carbocycles. The number of hydrogen-bond donors (Lipinski definition) is 0. The van der Waals surface area contributed by atoms with Gasteiger partial charge in [0.05, 0.1) is 13.2 Å². The number of rotatable bonds is 5. The molecule has 0 bridgehead atoms. The number of ether oxygens (including phenoxy) is 1. The van der Waals surface area contributed by atoms with Gasteiger partial charge in [0.25, 0.3) is 0 Å². The number of carbonyl (C=O) groups is 1. The van der Waals surface area contributed by atoms with E-state index in [4.69, 9.17) is 4.74 Å². The monoisotopic (exact) mass is 255 g/mol. The first-order valence-corrected chi connectivity index (χ1v) is 7.31. The van der Waals surface area contributed by atoms with Gasteiger partial charge in [0, 0.05) is 0 Å². The summed E-state index contributed by atoms with van der Waals surface area (Å²) in [4.78, 5) is 13.8. The second kappa shape index (κ2) is 7.13. The van der Waals surface area contributed by atoms with Crippen molar-refractivity contribution in [2.75, 3.05) is 26.2 Å². The maximum absolute atomic E-state index is 11.6. The molecule has 1 aliphatic heterocycles. The third kappa shape index (κ3) is 5.38. The highest BCUT2D eigenvalue weighted by Gasteiger charge is 2.29. The summed E-state index contributed by atoms with van der Waals surface area (Å²) in [5.41, 5.74) is 0.397. The van der Waals surface area contributed by atoms with Gasteiger partial charge in [0.15, 0.2) is 0 Å². The molecule has 0 unspecified atom stereocenters. The number of esters is 1. The molecule has 1 heterocycles. The van der Waals surface area contributed by atoms with Crippen LogP contribution in [0.25, 0.3) is 0 Å². The zero-order chi connectivity index (χ0) is 13.6. The van der Waals surface area contributed by atoms with Crippen molar-refractivity contribution in [2.45, 2.75) is 53.4 Å². The van der Waals surface area contributed by atoms with Crippen LogP contribution in [0.5, 0.6) is 0 Å². The molecule has 0 aliphatic carbocycles.